The van der Waals surface area contributed by atoms with Crippen molar-refractivity contribution in [2.45, 2.75) is 16.2 Å². The molecule has 0 spiro atoms. The number of fused-ring (bicyclic) bond motifs is 2. The second-order valence-corrected chi connectivity index (χ2v) is 5.65. The Balaban J connectivity index is 1.86. The molecule has 0 aliphatic carbocycles. The highest BCUT2D eigenvalue weighted by Crippen LogP contribution is 2.39. The molecule has 0 atom stereocenters. The summed E-state index contributed by atoms with van der Waals surface area (Å²) in [4.78, 5) is 14.3. The van der Waals surface area contributed by atoms with Crippen LogP contribution < -0.4 is 0 Å². The van der Waals surface area contributed by atoms with Crippen LogP contribution in [0, 0.1) is 0 Å². The molecule has 3 rings (SSSR count). The Morgan fingerprint density at radius 1 is 1.15 bits per heavy atom. The summed E-state index contributed by atoms with van der Waals surface area (Å²) in [5.74, 6) is -0.384. The molecule has 0 saturated heterocycles. The van der Waals surface area contributed by atoms with Gasteiger partial charge in [-0.3, -0.25) is 0 Å². The molecule has 2 aromatic carbocycles. The van der Waals surface area contributed by atoms with Gasteiger partial charge in [-0.1, -0.05) is 30.0 Å². The molecule has 1 N–H and O–H groups in total. The highest BCUT2D eigenvalue weighted by atomic mass is 32.2. The summed E-state index contributed by atoms with van der Waals surface area (Å²) >= 11 is 1.73. The number of rotatable bonds is 3. The van der Waals surface area contributed by atoms with E-state index in [1.54, 1.807) is 17.8 Å². The Hall–Kier alpha value is -1.78. The molecule has 102 valence electrons. The molecule has 0 saturated carbocycles. The van der Waals surface area contributed by atoms with Crippen molar-refractivity contribution in [2.75, 3.05) is 13.2 Å². The van der Waals surface area contributed by atoms with Crippen LogP contribution in [0.1, 0.15) is 21.5 Å². The third-order valence-corrected chi connectivity index (χ3v) is 4.43. The summed E-state index contributed by atoms with van der Waals surface area (Å²) in [5, 5.41) is 8.68. The maximum absolute atomic E-state index is 11.8. The van der Waals surface area contributed by atoms with Gasteiger partial charge in [-0.25, -0.2) is 4.79 Å². The van der Waals surface area contributed by atoms with Crippen LogP contribution in [0.25, 0.3) is 0 Å². The van der Waals surface area contributed by atoms with E-state index in [0.29, 0.717) is 5.56 Å². The number of esters is 1. The van der Waals surface area contributed by atoms with Crippen molar-refractivity contribution in [1.82, 2.24) is 0 Å². The van der Waals surface area contributed by atoms with Crippen LogP contribution in [0.15, 0.2) is 52.3 Å². The second-order valence-electron chi connectivity index (χ2n) is 4.57. The molecule has 1 aliphatic rings. The highest BCUT2D eigenvalue weighted by molar-refractivity contribution is 7.99. The van der Waals surface area contributed by atoms with Crippen LogP contribution in [0.2, 0.25) is 0 Å². The van der Waals surface area contributed by atoms with Crippen molar-refractivity contribution in [3.05, 3.63) is 59.2 Å². The third-order valence-electron chi connectivity index (χ3n) is 3.19. The van der Waals surface area contributed by atoms with E-state index in [1.165, 1.54) is 15.4 Å². The minimum Gasteiger partial charge on any atom is -0.460 e. The number of hydrogen-bond acceptors (Lipinski definition) is 4. The van der Waals surface area contributed by atoms with E-state index in [9.17, 15) is 4.79 Å². The zero-order valence-corrected chi connectivity index (χ0v) is 11.7. The number of carbonyl (C=O) groups is 1. The molecule has 20 heavy (non-hydrogen) atoms. The fourth-order valence-corrected chi connectivity index (χ4v) is 3.29. The Morgan fingerprint density at radius 3 is 2.80 bits per heavy atom. The summed E-state index contributed by atoms with van der Waals surface area (Å²) in [6, 6.07) is 13.9. The molecule has 1 aliphatic heterocycles. The van der Waals surface area contributed by atoms with Gasteiger partial charge in [-0.2, -0.15) is 0 Å². The summed E-state index contributed by atoms with van der Waals surface area (Å²) in [6.07, 6.45) is 0.833. The first-order valence-corrected chi connectivity index (χ1v) is 7.26. The predicted molar refractivity (Wildman–Crippen MR) is 77.2 cm³/mol. The number of carbonyl (C=O) groups excluding carboxylic acids is 1. The Bertz CT molecular complexity index is 652. The van der Waals surface area contributed by atoms with Crippen LogP contribution in [0.3, 0.4) is 0 Å². The molecule has 0 radical (unpaired) electrons. The fourth-order valence-electron chi connectivity index (χ4n) is 2.24. The van der Waals surface area contributed by atoms with Crippen LogP contribution in [0.4, 0.5) is 0 Å². The van der Waals surface area contributed by atoms with E-state index in [0.717, 1.165) is 12.0 Å². The SMILES string of the molecule is O=C(OCCO)c1ccc2c(c1)Cc1ccccc1S2. The van der Waals surface area contributed by atoms with Gasteiger partial charge >= 0.3 is 5.97 Å². The zero-order chi connectivity index (χ0) is 13.9. The number of aliphatic hydroxyl groups excluding tert-OH is 1. The van der Waals surface area contributed by atoms with Crippen LogP contribution in [0.5, 0.6) is 0 Å². The average molecular weight is 286 g/mol. The minimum absolute atomic E-state index is 0.0352. The maximum Gasteiger partial charge on any atom is 0.338 e. The van der Waals surface area contributed by atoms with E-state index in [1.807, 2.05) is 24.3 Å². The summed E-state index contributed by atoms with van der Waals surface area (Å²) in [7, 11) is 0. The van der Waals surface area contributed by atoms with Gasteiger partial charge in [-0.15, -0.1) is 0 Å². The van der Waals surface area contributed by atoms with E-state index < -0.39 is 0 Å². The first-order chi connectivity index (χ1) is 9.78. The van der Waals surface area contributed by atoms with Crippen molar-refractivity contribution in [3.63, 3.8) is 0 Å². The smallest absolute Gasteiger partial charge is 0.338 e. The van der Waals surface area contributed by atoms with E-state index >= 15 is 0 Å². The van der Waals surface area contributed by atoms with Gasteiger partial charge in [-0.05, 0) is 41.8 Å². The molecule has 0 aromatic heterocycles. The fraction of sp³-hybridized carbons (Fsp3) is 0.188. The molecule has 1 heterocycles. The minimum atomic E-state index is -0.384. The molecular formula is C16H14O3S. The average Bonchev–Trinajstić information content (AvgIpc) is 2.50. The third kappa shape index (κ3) is 2.57. The molecule has 3 nitrogen and oxygen atoms in total. The molecule has 2 aromatic rings. The van der Waals surface area contributed by atoms with Crippen molar-refractivity contribution < 1.29 is 14.6 Å². The molecule has 0 bridgehead atoms. The first-order valence-electron chi connectivity index (χ1n) is 6.44. The van der Waals surface area contributed by atoms with Gasteiger partial charge in [0.25, 0.3) is 0 Å². The largest absolute Gasteiger partial charge is 0.460 e. The van der Waals surface area contributed by atoms with Gasteiger partial charge in [0.1, 0.15) is 6.61 Å². The summed E-state index contributed by atoms with van der Waals surface area (Å²) in [6.45, 7) is -0.118. The molecule has 0 amide bonds. The predicted octanol–water partition coefficient (Wildman–Crippen LogP) is 2.89. The van der Waals surface area contributed by atoms with Gasteiger partial charge in [0.15, 0.2) is 0 Å². The number of hydrogen-bond donors (Lipinski definition) is 1. The highest BCUT2D eigenvalue weighted by Gasteiger charge is 2.17. The van der Waals surface area contributed by atoms with Gasteiger partial charge < -0.3 is 9.84 Å². The molecule has 4 heteroatoms. The first kappa shape index (κ1) is 13.2. The van der Waals surface area contributed by atoms with Gasteiger partial charge in [0.2, 0.25) is 0 Å². The molecule has 0 fully saturated rings. The zero-order valence-electron chi connectivity index (χ0n) is 10.8. The van der Waals surface area contributed by atoms with Crippen molar-refractivity contribution >= 4 is 17.7 Å². The summed E-state index contributed by atoms with van der Waals surface area (Å²) < 4.78 is 4.94. The quantitative estimate of drug-likeness (QED) is 0.752. The lowest BCUT2D eigenvalue weighted by molar-refractivity contribution is 0.0433. The standard InChI is InChI=1S/C16H14O3S/c17-7-8-19-16(18)12-5-6-15-13(10-12)9-11-3-1-2-4-14(11)20-15/h1-6,10,17H,7-9H2. The number of benzene rings is 2. The lowest BCUT2D eigenvalue weighted by Gasteiger charge is -2.19. The molecule has 0 unspecified atom stereocenters. The van der Waals surface area contributed by atoms with Crippen molar-refractivity contribution in [2.24, 2.45) is 0 Å². The van der Waals surface area contributed by atoms with Crippen molar-refractivity contribution in [1.29, 1.82) is 0 Å². The topological polar surface area (TPSA) is 46.5 Å². The maximum atomic E-state index is 11.8. The number of aliphatic hydroxyl groups is 1. The second kappa shape index (κ2) is 5.69. The van der Waals surface area contributed by atoms with E-state index in [-0.39, 0.29) is 19.2 Å². The Labute approximate surface area is 121 Å². The van der Waals surface area contributed by atoms with Gasteiger partial charge in [0, 0.05) is 9.79 Å². The Kier molecular flexibility index (Phi) is 3.76. The van der Waals surface area contributed by atoms with E-state index in [4.69, 9.17) is 9.84 Å². The monoisotopic (exact) mass is 286 g/mol. The van der Waals surface area contributed by atoms with Crippen LogP contribution in [-0.2, 0) is 11.2 Å². The van der Waals surface area contributed by atoms with Gasteiger partial charge in [0.05, 0.1) is 12.2 Å². The lowest BCUT2D eigenvalue weighted by atomic mass is 10.0. The van der Waals surface area contributed by atoms with Crippen LogP contribution in [-0.4, -0.2) is 24.3 Å². The number of ether oxygens (including phenoxy) is 1. The molecular weight excluding hydrogens is 272 g/mol. The summed E-state index contributed by atoms with van der Waals surface area (Å²) in [5.41, 5.74) is 2.97. The normalized spacial score (nSPS) is 12.4. The van der Waals surface area contributed by atoms with Crippen LogP contribution >= 0.6 is 11.8 Å². The lowest BCUT2D eigenvalue weighted by Crippen LogP contribution is -2.10. The van der Waals surface area contributed by atoms with E-state index in [2.05, 4.69) is 12.1 Å². The van der Waals surface area contributed by atoms with Crippen molar-refractivity contribution in [3.8, 4) is 0 Å². The Morgan fingerprint density at radius 2 is 1.95 bits per heavy atom.